The number of hydrogen-bond donors (Lipinski definition) is 0. The number of likely N-dealkylation sites (tertiary alicyclic amines) is 1. The highest BCUT2D eigenvalue weighted by molar-refractivity contribution is 5.94. The predicted molar refractivity (Wildman–Crippen MR) is 172 cm³/mol. The first-order valence-corrected chi connectivity index (χ1v) is 15.7. The van der Waals surface area contributed by atoms with Gasteiger partial charge in [0, 0.05) is 49.9 Å². The van der Waals surface area contributed by atoms with Crippen molar-refractivity contribution in [3.8, 4) is 6.01 Å². The van der Waals surface area contributed by atoms with Gasteiger partial charge in [0.05, 0.1) is 22.1 Å². The third kappa shape index (κ3) is 6.07. The molecule has 5 heterocycles. The first kappa shape index (κ1) is 31.6. The van der Waals surface area contributed by atoms with E-state index in [0.717, 1.165) is 78.0 Å². The van der Waals surface area contributed by atoms with E-state index in [2.05, 4.69) is 35.2 Å². The number of carbonyl (C=O) groups is 1. The smallest absolute Gasteiger partial charge is 0.319 e. The highest BCUT2D eigenvalue weighted by Crippen LogP contribution is 2.40. The Bertz CT molecular complexity index is 1340. The molecule has 2 aromatic heterocycles. The maximum atomic E-state index is 12.3. The Hall–Kier alpha value is -3.33. The van der Waals surface area contributed by atoms with E-state index in [9.17, 15) is 4.79 Å². The summed E-state index contributed by atoms with van der Waals surface area (Å²) in [5.74, 6) is 0.758. The predicted octanol–water partition coefficient (Wildman–Crippen LogP) is 5.82. The summed E-state index contributed by atoms with van der Waals surface area (Å²) in [6, 6.07) is 0.533. The topological polar surface area (TPSA) is 87.0 Å². The van der Waals surface area contributed by atoms with E-state index in [1.54, 1.807) is 0 Å². The molecule has 1 amide bonds. The normalized spacial score (nSPS) is 20.4. The van der Waals surface area contributed by atoms with Crippen LogP contribution in [0.5, 0.6) is 6.01 Å². The number of carbonyl (C=O) groups excluding carboxylic acids is 1. The second kappa shape index (κ2) is 13.8. The summed E-state index contributed by atoms with van der Waals surface area (Å²) in [5.41, 5.74) is 4.93. The number of likely N-dealkylation sites (N-methyl/N-ethyl adjacent to an activating group) is 1. The van der Waals surface area contributed by atoms with Gasteiger partial charge in [-0.3, -0.25) is 19.7 Å². The van der Waals surface area contributed by atoms with Crippen molar-refractivity contribution in [3.05, 3.63) is 35.8 Å². The van der Waals surface area contributed by atoms with E-state index < -0.39 is 0 Å². The van der Waals surface area contributed by atoms with Gasteiger partial charge in [-0.15, -0.1) is 0 Å². The number of allylic oxidation sites excluding steroid dienone is 2. The number of aliphatic imine (C=N–C) groups is 1. The Kier molecular flexibility index (Phi) is 10.4. The van der Waals surface area contributed by atoms with Gasteiger partial charge < -0.3 is 14.5 Å². The van der Waals surface area contributed by atoms with Crippen LogP contribution < -0.4 is 9.64 Å². The van der Waals surface area contributed by atoms with Gasteiger partial charge in [-0.2, -0.15) is 9.97 Å². The molecule has 9 nitrogen and oxygen atoms in total. The van der Waals surface area contributed by atoms with E-state index in [-0.39, 0.29) is 17.5 Å². The van der Waals surface area contributed by atoms with Crippen molar-refractivity contribution in [2.24, 2.45) is 4.99 Å². The molecule has 0 saturated carbocycles. The monoisotopic (exact) mass is 575 g/mol. The van der Waals surface area contributed by atoms with Crippen LogP contribution in [0.25, 0.3) is 16.5 Å². The lowest BCUT2D eigenvalue weighted by Gasteiger charge is -2.31. The van der Waals surface area contributed by atoms with Crippen molar-refractivity contribution >= 4 is 34.4 Å². The van der Waals surface area contributed by atoms with Crippen LogP contribution in [0, 0.1) is 6.92 Å². The number of hydrogen-bond acceptors (Lipinski definition) is 8. The molecule has 0 radical (unpaired) electrons. The maximum absolute atomic E-state index is 12.3. The third-order valence-corrected chi connectivity index (χ3v) is 9.15. The molecule has 3 fully saturated rings. The summed E-state index contributed by atoms with van der Waals surface area (Å²) in [7, 11) is 2.05. The minimum atomic E-state index is -0.0319. The van der Waals surface area contributed by atoms with Crippen molar-refractivity contribution in [1.82, 2.24) is 24.8 Å². The fourth-order valence-electron chi connectivity index (χ4n) is 6.90. The minimum Gasteiger partial charge on any atom is -0.461 e. The Morgan fingerprint density at radius 3 is 2.60 bits per heavy atom. The van der Waals surface area contributed by atoms with Crippen LogP contribution in [0.4, 0.5) is 5.82 Å². The number of aromatic nitrogens is 3. The lowest BCUT2D eigenvalue weighted by molar-refractivity contribution is -0.125. The van der Waals surface area contributed by atoms with Crippen molar-refractivity contribution in [3.63, 3.8) is 0 Å². The van der Waals surface area contributed by atoms with Crippen LogP contribution in [0.1, 0.15) is 84.4 Å². The quantitative estimate of drug-likeness (QED) is 0.275. The van der Waals surface area contributed by atoms with Crippen LogP contribution >= 0.6 is 0 Å². The molecule has 1 unspecified atom stereocenters. The van der Waals surface area contributed by atoms with Gasteiger partial charge in [-0.1, -0.05) is 27.4 Å². The van der Waals surface area contributed by atoms with Crippen LogP contribution in [-0.2, 0) is 4.79 Å². The van der Waals surface area contributed by atoms with Gasteiger partial charge in [-0.05, 0) is 84.0 Å². The Morgan fingerprint density at radius 1 is 1.24 bits per heavy atom. The minimum absolute atomic E-state index is 0.0319. The van der Waals surface area contributed by atoms with Gasteiger partial charge >= 0.3 is 6.01 Å². The summed E-state index contributed by atoms with van der Waals surface area (Å²) < 4.78 is 6.48. The number of nitrogens with zero attached hydrogens (tertiary/aromatic N) is 7. The van der Waals surface area contributed by atoms with E-state index in [1.807, 2.05) is 52.1 Å². The highest BCUT2D eigenvalue weighted by atomic mass is 16.5. The van der Waals surface area contributed by atoms with E-state index >= 15 is 0 Å². The SMILES string of the molecule is C=CC(=O)N1CCC(N(C)c2nc(OCC34CCCN3CCC4)nc3c(C)c(/C(CC)=C(\C)N=CC)ncc23)C1.CC. The zero-order valence-electron chi connectivity index (χ0n) is 26.7. The molecule has 3 aliphatic rings. The highest BCUT2D eigenvalue weighted by Gasteiger charge is 2.45. The number of anilines is 1. The number of aryl methyl sites for hydroxylation is 1. The molecule has 0 aliphatic carbocycles. The van der Waals surface area contributed by atoms with Crippen LogP contribution in [0.2, 0.25) is 0 Å². The average Bonchev–Trinajstić information content (AvgIpc) is 3.74. The zero-order valence-corrected chi connectivity index (χ0v) is 26.7. The second-order valence-electron chi connectivity index (χ2n) is 11.4. The number of pyridine rings is 1. The summed E-state index contributed by atoms with van der Waals surface area (Å²) in [5, 5.41) is 0.887. The molecular formula is C33H49N7O2. The average molecular weight is 576 g/mol. The van der Waals surface area contributed by atoms with Gasteiger partial charge in [0.25, 0.3) is 0 Å². The van der Waals surface area contributed by atoms with E-state index in [0.29, 0.717) is 25.7 Å². The first-order valence-electron chi connectivity index (χ1n) is 15.7. The molecule has 3 aliphatic heterocycles. The lowest BCUT2D eigenvalue weighted by atomic mass is 9.95. The van der Waals surface area contributed by atoms with Crippen LogP contribution in [-0.4, -0.2) is 88.3 Å². The standard InChI is InChI=1S/C31H43N7O2.C2H6/c1-7-24(22(5)32-9-3)27-21(4)28-25(18-33-27)29(36(6)23-12-17-37(19-23)26(39)8-2)35-30(34-28)40-20-31-13-10-15-38(31)16-11-14-31;1-2/h8-9,18,23H,2,7,10-17,19-20H2,1,3-6H3;1-2H3/b24-22+,32-9?;. The molecule has 5 rings (SSSR count). The molecule has 0 aromatic carbocycles. The molecule has 2 aromatic rings. The van der Waals surface area contributed by atoms with Crippen molar-refractivity contribution in [2.45, 2.75) is 91.6 Å². The molecule has 0 spiro atoms. The summed E-state index contributed by atoms with van der Waals surface area (Å²) in [4.78, 5) is 38.3. The Balaban J connectivity index is 0.00000198. The Labute approximate surface area is 251 Å². The van der Waals surface area contributed by atoms with Gasteiger partial charge in [-0.25, -0.2) is 0 Å². The number of ether oxygens (including phenoxy) is 1. The second-order valence-corrected chi connectivity index (χ2v) is 11.4. The van der Waals surface area contributed by atoms with Crippen LogP contribution in [0.15, 0.2) is 29.5 Å². The molecule has 3 saturated heterocycles. The zero-order chi connectivity index (χ0) is 30.4. The molecule has 1 atom stereocenters. The van der Waals surface area contributed by atoms with E-state index in [4.69, 9.17) is 19.7 Å². The molecule has 42 heavy (non-hydrogen) atoms. The van der Waals surface area contributed by atoms with Crippen molar-refractivity contribution in [2.75, 3.05) is 44.7 Å². The summed E-state index contributed by atoms with van der Waals surface area (Å²) in [6.07, 6.45) is 11.5. The van der Waals surface area contributed by atoms with Gasteiger partial charge in [0.1, 0.15) is 12.4 Å². The maximum Gasteiger partial charge on any atom is 0.319 e. The van der Waals surface area contributed by atoms with E-state index in [1.165, 1.54) is 18.9 Å². The fourth-order valence-corrected chi connectivity index (χ4v) is 6.90. The van der Waals surface area contributed by atoms with Gasteiger partial charge in [0.2, 0.25) is 5.91 Å². The Morgan fingerprint density at radius 2 is 1.95 bits per heavy atom. The molecular weight excluding hydrogens is 526 g/mol. The molecule has 0 N–H and O–H groups in total. The molecule has 0 bridgehead atoms. The van der Waals surface area contributed by atoms with Gasteiger partial charge in [0.15, 0.2) is 0 Å². The summed E-state index contributed by atoms with van der Waals surface area (Å²) >= 11 is 0. The van der Waals surface area contributed by atoms with Crippen LogP contribution in [0.3, 0.4) is 0 Å². The summed E-state index contributed by atoms with van der Waals surface area (Å²) in [6.45, 7) is 20.1. The number of amides is 1. The fraction of sp³-hybridized carbons (Fsp3) is 0.606. The largest absolute Gasteiger partial charge is 0.461 e. The first-order chi connectivity index (χ1) is 20.3. The number of rotatable bonds is 9. The van der Waals surface area contributed by atoms with Crippen molar-refractivity contribution in [1.29, 1.82) is 0 Å². The third-order valence-electron chi connectivity index (χ3n) is 9.15. The number of fused-ring (bicyclic) bond motifs is 2. The lowest BCUT2D eigenvalue weighted by Crippen LogP contribution is -2.43. The molecule has 9 heteroatoms. The van der Waals surface area contributed by atoms with Crippen molar-refractivity contribution < 1.29 is 9.53 Å². The molecule has 228 valence electrons.